The van der Waals surface area contributed by atoms with E-state index in [-0.39, 0.29) is 17.7 Å². The van der Waals surface area contributed by atoms with E-state index in [1.807, 2.05) is 29.0 Å². The van der Waals surface area contributed by atoms with E-state index in [2.05, 4.69) is 73.7 Å². The third-order valence-corrected chi connectivity index (χ3v) is 6.73. The number of nitrogens with zero attached hydrogens (tertiary/aromatic N) is 5. The molecule has 178 valence electrons. The van der Waals surface area contributed by atoms with E-state index in [1.165, 1.54) is 11.1 Å². The number of carbonyl (C=O) groups is 1. The number of aromatic nitrogens is 4. The largest absolute Gasteiger partial charge is 0.356 e. The highest BCUT2D eigenvalue weighted by Crippen LogP contribution is 2.28. The SMILES string of the molecule is O=C(NCCC(c1ccccc1)c1ccccc1)C1CCN(c2cc(-n3ccnc3)ncn2)CC1. The van der Waals surface area contributed by atoms with Crippen molar-refractivity contribution < 1.29 is 4.79 Å². The van der Waals surface area contributed by atoms with Crippen molar-refractivity contribution in [3.05, 3.63) is 103 Å². The van der Waals surface area contributed by atoms with Crippen LogP contribution in [-0.2, 0) is 4.79 Å². The zero-order valence-corrected chi connectivity index (χ0v) is 19.7. The highest BCUT2D eigenvalue weighted by molar-refractivity contribution is 5.79. The Kier molecular flexibility index (Phi) is 7.13. The highest BCUT2D eigenvalue weighted by atomic mass is 16.1. The molecule has 1 fully saturated rings. The second kappa shape index (κ2) is 11.0. The average molecular weight is 467 g/mol. The first-order chi connectivity index (χ1) is 17.3. The zero-order valence-electron chi connectivity index (χ0n) is 19.7. The van der Waals surface area contributed by atoms with Gasteiger partial charge >= 0.3 is 0 Å². The molecule has 5 rings (SSSR count). The Morgan fingerprint density at radius 3 is 2.23 bits per heavy atom. The fourth-order valence-corrected chi connectivity index (χ4v) is 4.80. The van der Waals surface area contributed by atoms with Crippen molar-refractivity contribution in [3.63, 3.8) is 0 Å². The summed E-state index contributed by atoms with van der Waals surface area (Å²) < 4.78 is 1.86. The van der Waals surface area contributed by atoms with Crippen LogP contribution in [0.15, 0.2) is 91.8 Å². The van der Waals surface area contributed by atoms with Crippen molar-refractivity contribution in [2.45, 2.75) is 25.2 Å². The lowest BCUT2D eigenvalue weighted by atomic mass is 9.88. The van der Waals surface area contributed by atoms with Gasteiger partial charge in [0, 0.05) is 49.9 Å². The molecule has 35 heavy (non-hydrogen) atoms. The summed E-state index contributed by atoms with van der Waals surface area (Å²) >= 11 is 0. The fraction of sp³-hybridized carbons (Fsp3) is 0.286. The van der Waals surface area contributed by atoms with E-state index in [4.69, 9.17) is 0 Å². The molecule has 1 aliphatic rings. The quantitative estimate of drug-likeness (QED) is 0.421. The van der Waals surface area contributed by atoms with Crippen LogP contribution in [0, 0.1) is 5.92 Å². The van der Waals surface area contributed by atoms with Crippen LogP contribution in [-0.4, -0.2) is 45.1 Å². The molecule has 0 atom stereocenters. The predicted octanol–water partition coefficient (Wildman–Crippen LogP) is 4.22. The second-order valence-corrected chi connectivity index (χ2v) is 8.92. The van der Waals surface area contributed by atoms with E-state index in [9.17, 15) is 4.79 Å². The molecule has 1 amide bonds. The number of benzene rings is 2. The normalized spacial score (nSPS) is 14.3. The number of hydrogen-bond donors (Lipinski definition) is 1. The summed E-state index contributed by atoms with van der Waals surface area (Å²) in [6.45, 7) is 2.26. The van der Waals surface area contributed by atoms with Crippen LogP contribution in [0.4, 0.5) is 5.82 Å². The molecule has 0 bridgehead atoms. The molecular formula is C28H30N6O. The van der Waals surface area contributed by atoms with E-state index in [1.54, 1.807) is 18.9 Å². The number of nitrogens with one attached hydrogen (secondary N) is 1. The molecule has 1 N–H and O–H groups in total. The maximum atomic E-state index is 12.9. The van der Waals surface area contributed by atoms with Crippen LogP contribution in [0.3, 0.4) is 0 Å². The number of hydrogen-bond acceptors (Lipinski definition) is 5. The van der Waals surface area contributed by atoms with Crippen molar-refractivity contribution in [1.82, 2.24) is 24.8 Å². The van der Waals surface area contributed by atoms with E-state index >= 15 is 0 Å². The average Bonchev–Trinajstić information content (AvgIpc) is 3.48. The summed E-state index contributed by atoms with van der Waals surface area (Å²) in [5.41, 5.74) is 2.56. The third-order valence-electron chi connectivity index (χ3n) is 6.73. The summed E-state index contributed by atoms with van der Waals surface area (Å²) in [7, 11) is 0. The Morgan fingerprint density at radius 2 is 1.60 bits per heavy atom. The predicted molar refractivity (Wildman–Crippen MR) is 136 cm³/mol. The van der Waals surface area contributed by atoms with E-state index in [0.29, 0.717) is 6.54 Å². The van der Waals surface area contributed by atoms with Crippen LogP contribution in [0.1, 0.15) is 36.3 Å². The minimum absolute atomic E-state index is 0.0353. The van der Waals surface area contributed by atoms with Gasteiger partial charge in [0.05, 0.1) is 0 Å². The second-order valence-electron chi connectivity index (χ2n) is 8.92. The number of piperidine rings is 1. The number of carbonyl (C=O) groups excluding carboxylic acids is 1. The topological polar surface area (TPSA) is 75.9 Å². The number of anilines is 1. The van der Waals surface area contributed by atoms with Crippen LogP contribution in [0.2, 0.25) is 0 Å². The van der Waals surface area contributed by atoms with E-state index < -0.39 is 0 Å². The van der Waals surface area contributed by atoms with Gasteiger partial charge in [-0.2, -0.15) is 0 Å². The van der Waals surface area contributed by atoms with Gasteiger partial charge in [-0.3, -0.25) is 9.36 Å². The Labute approximate surface area is 205 Å². The number of rotatable bonds is 8. The molecule has 7 nitrogen and oxygen atoms in total. The Morgan fingerprint density at radius 1 is 0.943 bits per heavy atom. The smallest absolute Gasteiger partial charge is 0.223 e. The molecule has 0 unspecified atom stereocenters. The van der Waals surface area contributed by atoms with Crippen molar-refractivity contribution in [3.8, 4) is 5.82 Å². The summed E-state index contributed by atoms with van der Waals surface area (Å²) in [5.74, 6) is 2.14. The van der Waals surface area contributed by atoms with Gasteiger partial charge in [-0.1, -0.05) is 60.7 Å². The van der Waals surface area contributed by atoms with Gasteiger partial charge in [0.25, 0.3) is 0 Å². The van der Waals surface area contributed by atoms with Gasteiger partial charge in [-0.25, -0.2) is 15.0 Å². The van der Waals surface area contributed by atoms with Gasteiger partial charge in [-0.15, -0.1) is 0 Å². The summed E-state index contributed by atoms with van der Waals surface area (Å²) in [6, 6.07) is 23.0. The van der Waals surface area contributed by atoms with Crippen LogP contribution in [0.25, 0.3) is 5.82 Å². The molecule has 2 aromatic carbocycles. The molecule has 1 saturated heterocycles. The molecule has 0 radical (unpaired) electrons. The van der Waals surface area contributed by atoms with Gasteiger partial charge in [0.2, 0.25) is 5.91 Å². The lowest BCUT2D eigenvalue weighted by Crippen LogP contribution is -2.41. The summed E-state index contributed by atoms with van der Waals surface area (Å²) in [6.07, 6.45) is 9.41. The van der Waals surface area contributed by atoms with Crippen molar-refractivity contribution in [2.24, 2.45) is 5.92 Å². The van der Waals surface area contributed by atoms with Crippen molar-refractivity contribution in [1.29, 1.82) is 0 Å². The van der Waals surface area contributed by atoms with Crippen LogP contribution >= 0.6 is 0 Å². The zero-order chi connectivity index (χ0) is 23.9. The molecule has 3 heterocycles. The number of imidazole rings is 1. The fourth-order valence-electron chi connectivity index (χ4n) is 4.80. The lowest BCUT2D eigenvalue weighted by Gasteiger charge is -2.32. The molecule has 0 aliphatic carbocycles. The number of amides is 1. The Bertz CT molecular complexity index is 1170. The first-order valence-electron chi connectivity index (χ1n) is 12.2. The minimum atomic E-state index is 0.0353. The monoisotopic (exact) mass is 466 g/mol. The standard InChI is InChI=1S/C28H30N6O/c35-28(30-14-11-25(22-7-3-1-4-8-22)23-9-5-2-6-10-23)24-12-16-33(17-13-24)26-19-27(32-20-31-26)34-18-15-29-21-34/h1-10,15,18-21,24-25H,11-14,16-17H2,(H,30,35). The van der Waals surface area contributed by atoms with Crippen LogP contribution < -0.4 is 10.2 Å². The first-order valence-corrected chi connectivity index (χ1v) is 12.2. The van der Waals surface area contributed by atoms with Gasteiger partial charge in [0.1, 0.15) is 24.3 Å². The summed E-state index contributed by atoms with van der Waals surface area (Å²) in [4.78, 5) is 28.0. The lowest BCUT2D eigenvalue weighted by molar-refractivity contribution is -0.125. The molecule has 4 aromatic rings. The summed E-state index contributed by atoms with van der Waals surface area (Å²) in [5, 5.41) is 3.21. The first kappa shape index (κ1) is 22.8. The maximum Gasteiger partial charge on any atom is 0.223 e. The Balaban J connectivity index is 1.14. The van der Waals surface area contributed by atoms with E-state index in [0.717, 1.165) is 44.0 Å². The molecular weight excluding hydrogens is 436 g/mol. The molecule has 0 saturated carbocycles. The molecule has 2 aromatic heterocycles. The molecule has 0 spiro atoms. The van der Waals surface area contributed by atoms with Crippen molar-refractivity contribution in [2.75, 3.05) is 24.5 Å². The third kappa shape index (κ3) is 5.57. The molecule has 7 heteroatoms. The van der Waals surface area contributed by atoms with Gasteiger partial charge < -0.3 is 10.2 Å². The van der Waals surface area contributed by atoms with Crippen LogP contribution in [0.5, 0.6) is 0 Å². The van der Waals surface area contributed by atoms with Gasteiger partial charge in [-0.05, 0) is 30.4 Å². The Hall–Kier alpha value is -4.00. The maximum absolute atomic E-state index is 12.9. The molecule has 1 aliphatic heterocycles. The van der Waals surface area contributed by atoms with Crippen molar-refractivity contribution >= 4 is 11.7 Å². The minimum Gasteiger partial charge on any atom is -0.356 e. The van der Waals surface area contributed by atoms with Gasteiger partial charge in [0.15, 0.2) is 0 Å². The highest BCUT2D eigenvalue weighted by Gasteiger charge is 2.26.